The molecule has 0 atom stereocenters. The molecule has 0 amide bonds. The Morgan fingerprint density at radius 1 is 0.960 bits per heavy atom. The predicted octanol–water partition coefficient (Wildman–Crippen LogP) is 7.16. The Balaban J connectivity index is 1.69. The van der Waals surface area contributed by atoms with Gasteiger partial charge in [0.25, 0.3) is 0 Å². The second kappa shape index (κ2) is 6.27. The highest BCUT2D eigenvalue weighted by atomic mass is 32.1. The third kappa shape index (κ3) is 2.65. The largest absolute Gasteiger partial charge is 0.256 e. The first kappa shape index (κ1) is 12.2. The fourth-order valence-electron chi connectivity index (χ4n) is 3.82. The van der Waals surface area contributed by atoms with Crippen LogP contribution in [0.2, 0.25) is 0 Å². The fraction of sp³-hybridized carbons (Fsp3) is 0.261. The molecule has 2 heteroatoms. The molecule has 0 radical (unpaired) electrons. The quantitative estimate of drug-likeness (QED) is 0.375. The van der Waals surface area contributed by atoms with E-state index in [0.29, 0.717) is 11.3 Å². The number of fused-ring (bicyclic) bond motifs is 3. The number of thiophene rings is 1. The van der Waals surface area contributed by atoms with Crippen LogP contribution < -0.4 is 0 Å². The van der Waals surface area contributed by atoms with E-state index in [9.17, 15) is 0 Å². The van der Waals surface area contributed by atoms with E-state index in [1.165, 1.54) is 15.5 Å². The van der Waals surface area contributed by atoms with Crippen LogP contribution in [-0.4, -0.2) is 4.98 Å². The topological polar surface area (TPSA) is 12.9 Å². The molecule has 2 aromatic carbocycles. The SMILES string of the molecule is [2H]c1c(C2([2H])CCCCC2)cnc(-c2cccc3c2sc2ccccc23)c1[2H]. The number of hydrogen-bond acceptors (Lipinski definition) is 2. The summed E-state index contributed by atoms with van der Waals surface area (Å²) >= 11 is 1.71. The molecule has 0 spiro atoms. The van der Waals surface area contributed by atoms with E-state index in [1.54, 1.807) is 17.5 Å². The summed E-state index contributed by atoms with van der Waals surface area (Å²) in [4.78, 5) is 4.63. The summed E-state index contributed by atoms with van der Waals surface area (Å²) in [5.41, 5.74) is 2.07. The Labute approximate surface area is 156 Å². The molecule has 1 fully saturated rings. The second-order valence-corrected chi connectivity index (χ2v) is 7.77. The van der Waals surface area contributed by atoms with Gasteiger partial charge in [-0.25, -0.2) is 0 Å². The molecule has 5 rings (SSSR count). The van der Waals surface area contributed by atoms with Crippen LogP contribution in [0.3, 0.4) is 0 Å². The molecule has 1 saturated carbocycles. The maximum absolute atomic E-state index is 8.84. The van der Waals surface area contributed by atoms with E-state index in [0.717, 1.165) is 42.4 Å². The molecular weight excluding hydrogens is 322 g/mol. The Morgan fingerprint density at radius 3 is 2.72 bits per heavy atom. The molecule has 0 unspecified atom stereocenters. The fourth-order valence-corrected chi connectivity index (χ4v) is 5.04. The van der Waals surface area contributed by atoms with Gasteiger partial charge in [-0.3, -0.25) is 4.98 Å². The first-order chi connectivity index (χ1) is 13.6. The smallest absolute Gasteiger partial charge is 0.0716 e. The van der Waals surface area contributed by atoms with Gasteiger partial charge in [0.05, 0.1) is 8.44 Å². The normalized spacial score (nSPS) is 18.8. The molecule has 2 aromatic heterocycles. The zero-order valence-corrected chi connectivity index (χ0v) is 14.8. The van der Waals surface area contributed by atoms with Crippen molar-refractivity contribution < 1.29 is 4.11 Å². The molecule has 1 aliphatic rings. The van der Waals surface area contributed by atoms with Gasteiger partial charge in [-0.05, 0) is 36.4 Å². The number of hydrogen-bond donors (Lipinski definition) is 0. The van der Waals surface area contributed by atoms with Crippen molar-refractivity contribution >= 4 is 31.5 Å². The van der Waals surface area contributed by atoms with E-state index in [2.05, 4.69) is 23.2 Å². The lowest BCUT2D eigenvalue weighted by molar-refractivity contribution is 0.443. The van der Waals surface area contributed by atoms with Gasteiger partial charge in [0, 0.05) is 33.3 Å². The van der Waals surface area contributed by atoms with Gasteiger partial charge in [0.15, 0.2) is 0 Å². The highest BCUT2D eigenvalue weighted by Crippen LogP contribution is 2.39. The summed E-state index contributed by atoms with van der Waals surface area (Å²) in [7, 11) is 0. The van der Waals surface area contributed by atoms with Crippen molar-refractivity contribution in [3.05, 3.63) is 66.3 Å². The van der Waals surface area contributed by atoms with Crippen LogP contribution in [0.1, 0.15) is 47.7 Å². The zero-order chi connectivity index (χ0) is 19.3. The lowest BCUT2D eigenvalue weighted by Crippen LogP contribution is -2.04. The highest BCUT2D eigenvalue weighted by Gasteiger charge is 2.16. The van der Waals surface area contributed by atoms with Crippen molar-refractivity contribution in [1.29, 1.82) is 0 Å². The van der Waals surface area contributed by atoms with Crippen LogP contribution in [0.4, 0.5) is 0 Å². The first-order valence-electron chi connectivity index (χ1n) is 10.5. The molecule has 25 heavy (non-hydrogen) atoms. The summed E-state index contributed by atoms with van der Waals surface area (Å²) < 4.78 is 28.4. The van der Waals surface area contributed by atoms with E-state index in [4.69, 9.17) is 4.11 Å². The van der Waals surface area contributed by atoms with Crippen LogP contribution >= 0.6 is 11.3 Å². The minimum absolute atomic E-state index is 0.139. The molecule has 0 N–H and O–H groups in total. The number of aromatic nitrogens is 1. The summed E-state index contributed by atoms with van der Waals surface area (Å²) in [6.07, 6.45) is 6.38. The molecule has 124 valence electrons. The lowest BCUT2D eigenvalue weighted by Gasteiger charge is -2.21. The summed E-state index contributed by atoms with van der Waals surface area (Å²) in [5.74, 6) is -0.764. The zero-order valence-electron chi connectivity index (χ0n) is 17.0. The van der Waals surface area contributed by atoms with Crippen molar-refractivity contribution in [2.24, 2.45) is 0 Å². The molecule has 1 aliphatic carbocycles. The van der Waals surface area contributed by atoms with Gasteiger partial charge in [0.2, 0.25) is 0 Å². The maximum Gasteiger partial charge on any atom is 0.0716 e. The molecule has 0 saturated heterocycles. The molecule has 0 bridgehead atoms. The van der Waals surface area contributed by atoms with Crippen molar-refractivity contribution in [1.82, 2.24) is 4.98 Å². The Kier molecular flexibility index (Phi) is 3.06. The Hall–Kier alpha value is -2.19. The highest BCUT2D eigenvalue weighted by molar-refractivity contribution is 7.26. The number of nitrogens with zero attached hydrogens (tertiary/aromatic N) is 1. The van der Waals surface area contributed by atoms with Gasteiger partial charge in [-0.2, -0.15) is 0 Å². The van der Waals surface area contributed by atoms with Crippen LogP contribution in [-0.2, 0) is 0 Å². The van der Waals surface area contributed by atoms with Crippen LogP contribution in [0, 0.1) is 0 Å². The monoisotopic (exact) mass is 346 g/mol. The Morgan fingerprint density at radius 2 is 1.80 bits per heavy atom. The van der Waals surface area contributed by atoms with E-state index < -0.39 is 5.89 Å². The van der Waals surface area contributed by atoms with E-state index >= 15 is 0 Å². The van der Waals surface area contributed by atoms with E-state index in [-0.39, 0.29) is 12.1 Å². The summed E-state index contributed by atoms with van der Waals surface area (Å²) in [6.45, 7) is 0. The predicted molar refractivity (Wildman–Crippen MR) is 108 cm³/mol. The minimum Gasteiger partial charge on any atom is -0.256 e. The van der Waals surface area contributed by atoms with Gasteiger partial charge >= 0.3 is 0 Å². The maximum atomic E-state index is 8.84. The van der Waals surface area contributed by atoms with Crippen molar-refractivity contribution in [2.45, 2.75) is 38.0 Å². The van der Waals surface area contributed by atoms with Gasteiger partial charge in [-0.1, -0.05) is 61.7 Å². The third-order valence-corrected chi connectivity index (χ3v) is 6.36. The lowest BCUT2D eigenvalue weighted by atomic mass is 9.85. The molecule has 4 aromatic rings. The number of rotatable bonds is 2. The average Bonchev–Trinajstić information content (AvgIpc) is 3.09. The van der Waals surface area contributed by atoms with Crippen LogP contribution in [0.15, 0.2) is 60.7 Å². The number of pyridine rings is 1. The molecule has 1 nitrogen and oxygen atoms in total. The number of benzene rings is 2. The summed E-state index contributed by atoms with van der Waals surface area (Å²) in [5, 5.41) is 2.38. The Bertz CT molecular complexity index is 1190. The molecular formula is C23H21NS. The second-order valence-electron chi connectivity index (χ2n) is 6.72. The van der Waals surface area contributed by atoms with Crippen molar-refractivity contribution in [2.75, 3.05) is 0 Å². The average molecular weight is 347 g/mol. The van der Waals surface area contributed by atoms with Gasteiger partial charge in [0.1, 0.15) is 0 Å². The van der Waals surface area contributed by atoms with Gasteiger partial charge in [-0.15, -0.1) is 11.3 Å². The molecule has 0 aliphatic heterocycles. The standard InChI is InChI=1S/C23H21NS/c1-2-7-16(8-3-1)17-13-14-21(24-15-17)20-11-6-10-19-18-9-4-5-12-22(18)25-23(19)20/h4-6,9-16H,1-3,7-8H2/i13D,14D,16D. The van der Waals surface area contributed by atoms with E-state index in [1.807, 2.05) is 24.3 Å². The van der Waals surface area contributed by atoms with Crippen LogP contribution in [0.5, 0.6) is 0 Å². The van der Waals surface area contributed by atoms with Crippen molar-refractivity contribution in [3.8, 4) is 11.3 Å². The van der Waals surface area contributed by atoms with Crippen LogP contribution in [0.25, 0.3) is 31.4 Å². The molecule has 2 heterocycles. The first-order valence-corrected chi connectivity index (χ1v) is 9.77. The summed E-state index contributed by atoms with van der Waals surface area (Å²) in [6, 6.07) is 14.7. The van der Waals surface area contributed by atoms with Gasteiger partial charge < -0.3 is 0 Å². The minimum atomic E-state index is -0.764. The third-order valence-electron chi connectivity index (χ3n) is 5.14. The van der Waals surface area contributed by atoms with Crippen molar-refractivity contribution in [3.63, 3.8) is 0 Å².